The van der Waals surface area contributed by atoms with Gasteiger partial charge in [0, 0.05) is 19.3 Å². The molecule has 10 nitrogen and oxygen atoms in total. The van der Waals surface area contributed by atoms with Gasteiger partial charge in [-0.1, -0.05) is 35.9 Å². The molecule has 0 spiro atoms. The summed E-state index contributed by atoms with van der Waals surface area (Å²) in [6.07, 6.45) is 1.41. The minimum Gasteiger partial charge on any atom is -0.378 e. The highest BCUT2D eigenvalue weighted by Crippen LogP contribution is 2.26. The summed E-state index contributed by atoms with van der Waals surface area (Å²) in [5.74, 6) is 0.461. The number of nitrogens with one attached hydrogen (secondary N) is 1. The number of halogens is 1. The first kappa shape index (κ1) is 23.7. The average molecular weight is 506 g/mol. The highest BCUT2D eigenvalue weighted by Gasteiger charge is 2.25. The van der Waals surface area contributed by atoms with Crippen molar-refractivity contribution in [1.29, 1.82) is 0 Å². The number of para-hydroxylation sites is 1. The number of nitrogens with two attached hydrogens (primary N) is 1. The maximum Gasteiger partial charge on any atom is 0.267 e. The second-order valence-electron chi connectivity index (χ2n) is 8.34. The van der Waals surface area contributed by atoms with Crippen molar-refractivity contribution in [3.8, 4) is 5.69 Å². The van der Waals surface area contributed by atoms with E-state index in [1.807, 2.05) is 37.3 Å². The number of aromatic nitrogens is 4. The van der Waals surface area contributed by atoms with Crippen LogP contribution < -0.4 is 16.6 Å². The van der Waals surface area contributed by atoms with Crippen LogP contribution in [-0.4, -0.2) is 56.6 Å². The number of carbonyl (C=O) groups excluding carboxylic acids is 1. The molecule has 0 bridgehead atoms. The molecule has 1 atom stereocenters. The number of fused-ring (bicyclic) bond motifs is 1. The summed E-state index contributed by atoms with van der Waals surface area (Å²) < 4.78 is 6.87. The van der Waals surface area contributed by atoms with Crippen molar-refractivity contribution >= 4 is 40.2 Å². The molecule has 1 aliphatic rings. The molecule has 5 rings (SSSR count). The Morgan fingerprint density at radius 3 is 2.61 bits per heavy atom. The van der Waals surface area contributed by atoms with Crippen LogP contribution in [0.2, 0.25) is 5.02 Å². The maximum atomic E-state index is 13.7. The minimum absolute atomic E-state index is 0.0157. The van der Waals surface area contributed by atoms with Crippen molar-refractivity contribution in [1.82, 2.24) is 24.4 Å². The molecule has 1 saturated heterocycles. The molecule has 0 saturated carbocycles. The monoisotopic (exact) mass is 505 g/mol. The third-order valence-corrected chi connectivity index (χ3v) is 6.28. The van der Waals surface area contributed by atoms with E-state index in [2.05, 4.69) is 15.3 Å². The summed E-state index contributed by atoms with van der Waals surface area (Å²) >= 11 is 6.38. The van der Waals surface area contributed by atoms with Crippen LogP contribution in [0.4, 0.5) is 11.8 Å². The van der Waals surface area contributed by atoms with Crippen LogP contribution in [0, 0.1) is 0 Å². The molecule has 0 aliphatic carbocycles. The first-order valence-electron chi connectivity index (χ1n) is 11.5. The second kappa shape index (κ2) is 9.92. The molecule has 0 unspecified atom stereocenters. The van der Waals surface area contributed by atoms with Crippen molar-refractivity contribution in [3.05, 3.63) is 81.5 Å². The standard InChI is InChI=1S/C25H24ClN7O3/c1-15(29-21-17(14-28-25(27)31-21)23(34)32-10-12-36-13-11-32)22-30-19-9-5-8-18(26)20(19)24(35)33(22)16-6-3-2-4-7-16/h2-9,14-15H,10-13H2,1H3,(H3,27,28,29,31)/t15-/m1/s1. The number of nitrogens with zero attached hydrogens (tertiary/aromatic N) is 5. The van der Waals surface area contributed by atoms with Crippen LogP contribution >= 0.6 is 11.6 Å². The fraction of sp³-hybridized carbons (Fsp3) is 0.240. The number of carbonyl (C=O) groups is 1. The fourth-order valence-corrected chi connectivity index (χ4v) is 4.44. The van der Waals surface area contributed by atoms with Gasteiger partial charge < -0.3 is 20.7 Å². The van der Waals surface area contributed by atoms with Crippen molar-refractivity contribution in [2.24, 2.45) is 0 Å². The van der Waals surface area contributed by atoms with E-state index in [-0.39, 0.29) is 28.8 Å². The van der Waals surface area contributed by atoms with Crippen molar-refractivity contribution in [2.75, 3.05) is 37.4 Å². The number of ether oxygens (including phenoxy) is 1. The van der Waals surface area contributed by atoms with Gasteiger partial charge in [0.25, 0.3) is 11.5 Å². The van der Waals surface area contributed by atoms with Gasteiger partial charge in [0.1, 0.15) is 17.2 Å². The molecule has 1 aliphatic heterocycles. The SMILES string of the molecule is C[C@@H](Nc1nc(N)ncc1C(=O)N1CCOCC1)c1nc2cccc(Cl)c2c(=O)n1-c1ccccc1. The molecule has 11 heteroatoms. The van der Waals surface area contributed by atoms with Crippen molar-refractivity contribution < 1.29 is 9.53 Å². The summed E-state index contributed by atoms with van der Waals surface area (Å²) in [5.41, 5.74) is 6.94. The lowest BCUT2D eigenvalue weighted by atomic mass is 10.2. The Bertz CT molecular complexity index is 1490. The van der Waals surface area contributed by atoms with Crippen LogP contribution in [0.5, 0.6) is 0 Å². The van der Waals surface area contributed by atoms with E-state index in [1.54, 1.807) is 23.1 Å². The van der Waals surface area contributed by atoms with E-state index in [0.717, 1.165) is 0 Å². The molecule has 1 fully saturated rings. The molecule has 36 heavy (non-hydrogen) atoms. The van der Waals surface area contributed by atoms with Crippen LogP contribution in [0.3, 0.4) is 0 Å². The van der Waals surface area contributed by atoms with Gasteiger partial charge in [-0.05, 0) is 31.2 Å². The normalized spacial score (nSPS) is 14.6. The lowest BCUT2D eigenvalue weighted by molar-refractivity contribution is 0.0303. The summed E-state index contributed by atoms with van der Waals surface area (Å²) in [6, 6.07) is 13.8. The first-order valence-corrected chi connectivity index (χ1v) is 11.8. The predicted octanol–water partition coefficient (Wildman–Crippen LogP) is 3.06. The molecular weight excluding hydrogens is 482 g/mol. The smallest absolute Gasteiger partial charge is 0.267 e. The molecule has 2 aromatic carbocycles. The molecule has 0 radical (unpaired) electrons. The van der Waals surface area contributed by atoms with Crippen LogP contribution in [0.1, 0.15) is 29.1 Å². The van der Waals surface area contributed by atoms with Crippen molar-refractivity contribution in [3.63, 3.8) is 0 Å². The Balaban J connectivity index is 1.60. The van der Waals surface area contributed by atoms with Crippen molar-refractivity contribution in [2.45, 2.75) is 13.0 Å². The Morgan fingerprint density at radius 1 is 1.11 bits per heavy atom. The second-order valence-corrected chi connectivity index (χ2v) is 8.75. The molecule has 3 N–H and O–H groups in total. The van der Waals surface area contributed by atoms with Gasteiger partial charge in [-0.2, -0.15) is 4.98 Å². The molecule has 4 aromatic rings. The quantitative estimate of drug-likeness (QED) is 0.423. The number of rotatable bonds is 5. The zero-order valence-corrected chi connectivity index (χ0v) is 20.3. The maximum absolute atomic E-state index is 13.7. The molecule has 2 aromatic heterocycles. The Labute approximate surface area is 211 Å². The van der Waals surface area contributed by atoms with Crippen LogP contribution in [-0.2, 0) is 4.74 Å². The van der Waals surface area contributed by atoms with E-state index in [4.69, 9.17) is 27.1 Å². The number of morpholine rings is 1. The Hall–Kier alpha value is -4.02. The third-order valence-electron chi connectivity index (χ3n) is 5.96. The van der Waals surface area contributed by atoms with Crippen LogP contribution in [0.25, 0.3) is 16.6 Å². The minimum atomic E-state index is -0.549. The van der Waals surface area contributed by atoms with E-state index in [9.17, 15) is 9.59 Å². The fourth-order valence-electron chi connectivity index (χ4n) is 4.19. The number of benzene rings is 2. The number of hydrogen-bond donors (Lipinski definition) is 2. The van der Waals surface area contributed by atoms with E-state index < -0.39 is 6.04 Å². The van der Waals surface area contributed by atoms with Gasteiger partial charge in [-0.3, -0.25) is 14.2 Å². The van der Waals surface area contributed by atoms with Gasteiger partial charge in [0.05, 0.1) is 40.9 Å². The summed E-state index contributed by atoms with van der Waals surface area (Å²) in [7, 11) is 0. The lowest BCUT2D eigenvalue weighted by Crippen LogP contribution is -2.41. The van der Waals surface area contributed by atoms with Gasteiger partial charge in [0.2, 0.25) is 5.95 Å². The summed E-state index contributed by atoms with van der Waals surface area (Å²) in [5, 5.41) is 3.89. The van der Waals surface area contributed by atoms with Gasteiger partial charge in [-0.15, -0.1) is 0 Å². The summed E-state index contributed by atoms with van der Waals surface area (Å²) in [4.78, 5) is 41.7. The first-order chi connectivity index (χ1) is 17.4. The zero-order chi connectivity index (χ0) is 25.2. The third kappa shape index (κ3) is 4.48. The lowest BCUT2D eigenvalue weighted by Gasteiger charge is -2.28. The topological polar surface area (TPSA) is 128 Å². The highest BCUT2D eigenvalue weighted by atomic mass is 35.5. The molecule has 184 valence electrons. The largest absolute Gasteiger partial charge is 0.378 e. The van der Waals surface area contributed by atoms with E-state index in [1.165, 1.54) is 10.8 Å². The van der Waals surface area contributed by atoms with Gasteiger partial charge in [0.15, 0.2) is 0 Å². The number of amides is 1. The number of hydrogen-bond acceptors (Lipinski definition) is 8. The highest BCUT2D eigenvalue weighted by molar-refractivity contribution is 6.35. The molecular formula is C25H24ClN7O3. The van der Waals surface area contributed by atoms with E-state index in [0.29, 0.717) is 53.7 Å². The molecule has 3 heterocycles. The molecule has 1 amide bonds. The number of anilines is 2. The zero-order valence-electron chi connectivity index (χ0n) is 19.5. The van der Waals surface area contributed by atoms with E-state index >= 15 is 0 Å². The Morgan fingerprint density at radius 2 is 1.86 bits per heavy atom. The predicted molar refractivity (Wildman–Crippen MR) is 138 cm³/mol. The average Bonchev–Trinajstić information content (AvgIpc) is 2.89. The van der Waals surface area contributed by atoms with Crippen LogP contribution in [0.15, 0.2) is 59.5 Å². The Kier molecular flexibility index (Phi) is 6.53. The van der Waals surface area contributed by atoms with Gasteiger partial charge >= 0.3 is 0 Å². The number of nitrogen functional groups attached to an aromatic ring is 1. The van der Waals surface area contributed by atoms with Gasteiger partial charge in [-0.25, -0.2) is 9.97 Å². The summed E-state index contributed by atoms with van der Waals surface area (Å²) in [6.45, 7) is 3.71.